The van der Waals surface area contributed by atoms with E-state index in [1.165, 1.54) is 103 Å². The van der Waals surface area contributed by atoms with Crippen LogP contribution in [0.15, 0.2) is 0 Å². The predicted octanol–water partition coefficient (Wildman–Crippen LogP) is 6.19. The van der Waals surface area contributed by atoms with E-state index in [1.54, 1.807) is 0 Å². The van der Waals surface area contributed by atoms with Crippen LogP contribution in [0.2, 0.25) is 0 Å². The lowest BCUT2D eigenvalue weighted by atomic mass is 9.98. The van der Waals surface area contributed by atoms with Gasteiger partial charge in [-0.3, -0.25) is 4.79 Å². The molecule has 10 nitrogen and oxygen atoms in total. The highest BCUT2D eigenvalue weighted by Crippen LogP contribution is 2.23. The van der Waals surface area contributed by atoms with Crippen molar-refractivity contribution in [3.8, 4) is 0 Å². The Kier molecular flexibility index (Phi) is 29.0. The van der Waals surface area contributed by atoms with Crippen molar-refractivity contribution < 1.29 is 44.9 Å². The summed E-state index contributed by atoms with van der Waals surface area (Å²) < 4.78 is 11.1. The quantitative estimate of drug-likeness (QED) is 0.0394. The van der Waals surface area contributed by atoms with Gasteiger partial charge in [-0.15, -0.1) is 0 Å². The summed E-state index contributed by atoms with van der Waals surface area (Å²) in [7, 11) is 0. The molecule has 0 aromatic heterocycles. The summed E-state index contributed by atoms with van der Waals surface area (Å²) in [6, 6.07) is -0.982. The van der Waals surface area contributed by atoms with E-state index in [0.717, 1.165) is 51.4 Å². The molecule has 0 radical (unpaired) electrons. The van der Waals surface area contributed by atoms with E-state index in [4.69, 9.17) is 9.47 Å². The van der Waals surface area contributed by atoms with Crippen LogP contribution in [-0.2, 0) is 14.3 Å². The number of carbonyl (C=O) groups excluding carboxylic acids is 1. The fourth-order valence-electron chi connectivity index (χ4n) is 6.67. The first-order valence-corrected chi connectivity index (χ1v) is 20.3. The van der Waals surface area contributed by atoms with Crippen LogP contribution >= 0.6 is 0 Å². The Balaban J connectivity index is 2.46. The van der Waals surface area contributed by atoms with E-state index < -0.39 is 55.6 Å². The average molecular weight is 704 g/mol. The molecule has 0 bridgehead atoms. The molecule has 1 aliphatic rings. The van der Waals surface area contributed by atoms with Crippen LogP contribution in [0.1, 0.15) is 181 Å². The lowest BCUT2D eigenvalue weighted by Gasteiger charge is -2.40. The smallest absolute Gasteiger partial charge is 0.220 e. The molecule has 0 saturated carbocycles. The van der Waals surface area contributed by atoms with Gasteiger partial charge in [0.15, 0.2) is 6.29 Å². The third-order valence-corrected chi connectivity index (χ3v) is 10.1. The van der Waals surface area contributed by atoms with Crippen molar-refractivity contribution in [2.24, 2.45) is 0 Å². The first kappa shape index (κ1) is 46.2. The second-order valence-electron chi connectivity index (χ2n) is 14.6. The highest BCUT2D eigenvalue weighted by atomic mass is 16.7. The van der Waals surface area contributed by atoms with Crippen molar-refractivity contribution in [2.45, 2.75) is 230 Å². The number of ether oxygens (including phenoxy) is 2. The van der Waals surface area contributed by atoms with Crippen molar-refractivity contribution in [3.05, 3.63) is 0 Å². The maximum Gasteiger partial charge on any atom is 0.220 e. The minimum atomic E-state index is -1.60. The van der Waals surface area contributed by atoms with Crippen LogP contribution in [0.5, 0.6) is 0 Å². The van der Waals surface area contributed by atoms with Gasteiger partial charge < -0.3 is 45.4 Å². The molecule has 0 aromatic carbocycles. The predicted molar refractivity (Wildman–Crippen MR) is 195 cm³/mol. The Morgan fingerprint density at radius 3 is 1.51 bits per heavy atom. The zero-order chi connectivity index (χ0) is 36.1. The van der Waals surface area contributed by atoms with Gasteiger partial charge in [0.25, 0.3) is 0 Å². The van der Waals surface area contributed by atoms with Crippen molar-refractivity contribution in [1.29, 1.82) is 0 Å². The Hall–Kier alpha value is -0.850. The normalized spacial score (nSPS) is 23.0. The first-order valence-electron chi connectivity index (χ1n) is 20.3. The Morgan fingerprint density at radius 1 is 0.633 bits per heavy atom. The van der Waals surface area contributed by atoms with Crippen LogP contribution in [0.3, 0.4) is 0 Å². The number of unbranched alkanes of at least 4 members (excludes halogenated alkanes) is 22. The maximum absolute atomic E-state index is 12.9. The molecule has 1 aliphatic heterocycles. The molecule has 10 heteroatoms. The largest absolute Gasteiger partial charge is 0.394 e. The Bertz CT molecular complexity index is 758. The number of rotatable bonds is 33. The van der Waals surface area contributed by atoms with Gasteiger partial charge in [-0.1, -0.05) is 162 Å². The molecule has 7 N–H and O–H groups in total. The minimum absolute atomic E-state index is 0.258. The van der Waals surface area contributed by atoms with Gasteiger partial charge in [0.2, 0.25) is 5.91 Å². The summed E-state index contributed by atoms with van der Waals surface area (Å²) in [6.07, 6.45) is 19.7. The van der Waals surface area contributed by atoms with Crippen molar-refractivity contribution in [2.75, 3.05) is 13.2 Å². The molecule has 49 heavy (non-hydrogen) atoms. The molecule has 1 rings (SSSR count). The zero-order valence-corrected chi connectivity index (χ0v) is 31.3. The van der Waals surface area contributed by atoms with Gasteiger partial charge in [0.05, 0.1) is 25.4 Å². The molecule has 2 unspecified atom stereocenters. The molecule has 1 fully saturated rings. The molecular formula is C39H77NO9. The van der Waals surface area contributed by atoms with Gasteiger partial charge in [-0.25, -0.2) is 0 Å². The fourth-order valence-corrected chi connectivity index (χ4v) is 6.67. The van der Waals surface area contributed by atoms with Crippen molar-refractivity contribution in [3.63, 3.8) is 0 Å². The molecule has 0 aromatic rings. The lowest BCUT2D eigenvalue weighted by Crippen LogP contribution is -2.60. The molecule has 292 valence electrons. The average Bonchev–Trinajstić information content (AvgIpc) is 3.10. The van der Waals surface area contributed by atoms with Gasteiger partial charge in [0.1, 0.15) is 30.5 Å². The molecule has 0 spiro atoms. The summed E-state index contributed by atoms with van der Waals surface area (Å²) in [5, 5.41) is 64.8. The summed E-state index contributed by atoms with van der Waals surface area (Å²) in [5.74, 6) is -0.258. The number of aliphatic hydroxyl groups is 6. The SMILES string of the molecule is CCCCCCCCCCCCCCCCC(=O)N[C@@H](CO[C@@H]1O[C@H](CO)[C@@H](O)C(O)C1O)[C@H](O)[C@H](O)CCCCCCCCCCCC. The van der Waals surface area contributed by atoms with Gasteiger partial charge in [-0.2, -0.15) is 0 Å². The number of hydrogen-bond acceptors (Lipinski definition) is 9. The first-order chi connectivity index (χ1) is 23.8. The van der Waals surface area contributed by atoms with E-state index in [0.29, 0.717) is 6.42 Å². The molecule has 1 heterocycles. The van der Waals surface area contributed by atoms with Crippen molar-refractivity contribution >= 4 is 5.91 Å². The molecule has 0 aliphatic carbocycles. The van der Waals surface area contributed by atoms with Crippen molar-refractivity contribution in [1.82, 2.24) is 5.32 Å². The third-order valence-electron chi connectivity index (χ3n) is 10.1. The summed E-state index contributed by atoms with van der Waals surface area (Å²) >= 11 is 0. The van der Waals surface area contributed by atoms with Crippen LogP contribution in [-0.4, -0.2) is 98.7 Å². The Labute approximate surface area is 298 Å². The van der Waals surface area contributed by atoms with Crippen LogP contribution in [0, 0.1) is 0 Å². The topological polar surface area (TPSA) is 169 Å². The number of aliphatic hydroxyl groups excluding tert-OH is 6. The van der Waals surface area contributed by atoms with E-state index in [9.17, 15) is 35.4 Å². The number of hydrogen-bond donors (Lipinski definition) is 7. The second-order valence-corrected chi connectivity index (χ2v) is 14.6. The number of amides is 1. The van der Waals surface area contributed by atoms with E-state index >= 15 is 0 Å². The highest BCUT2D eigenvalue weighted by molar-refractivity contribution is 5.76. The van der Waals surface area contributed by atoms with Gasteiger partial charge >= 0.3 is 0 Å². The van der Waals surface area contributed by atoms with E-state index in [2.05, 4.69) is 19.2 Å². The second kappa shape index (κ2) is 30.7. The monoisotopic (exact) mass is 704 g/mol. The summed E-state index contributed by atoms with van der Waals surface area (Å²) in [5.41, 5.74) is 0. The van der Waals surface area contributed by atoms with Crippen LogP contribution in [0.25, 0.3) is 0 Å². The fraction of sp³-hybridized carbons (Fsp3) is 0.974. The molecule has 1 amide bonds. The van der Waals surface area contributed by atoms with E-state index in [1.807, 2.05) is 0 Å². The standard InChI is InChI=1S/C39H77NO9/c1-3-5-7-9-11-13-15-16-17-18-20-22-24-26-28-34(43)40-31(30-48-39-38(47)37(46)36(45)33(29-41)49-39)35(44)32(42)27-25-23-21-19-14-12-10-8-6-4-2/h31-33,35-39,41-42,44-47H,3-30H2,1-2H3,(H,40,43)/t31-,32+,33+,35-,36+,37?,38?,39+/m0/s1. The molecule has 8 atom stereocenters. The highest BCUT2D eigenvalue weighted by Gasteiger charge is 2.44. The maximum atomic E-state index is 12.9. The summed E-state index contributed by atoms with van der Waals surface area (Å²) in [6.45, 7) is 3.57. The minimum Gasteiger partial charge on any atom is -0.394 e. The van der Waals surface area contributed by atoms with Crippen LogP contribution in [0.4, 0.5) is 0 Å². The van der Waals surface area contributed by atoms with Gasteiger partial charge in [-0.05, 0) is 12.8 Å². The molecule has 1 saturated heterocycles. The molecular weight excluding hydrogens is 626 g/mol. The number of nitrogens with one attached hydrogen (secondary N) is 1. The van der Waals surface area contributed by atoms with Crippen LogP contribution < -0.4 is 5.32 Å². The summed E-state index contributed by atoms with van der Waals surface area (Å²) in [4.78, 5) is 12.9. The number of carbonyl (C=O) groups is 1. The lowest BCUT2D eigenvalue weighted by molar-refractivity contribution is -0.303. The zero-order valence-electron chi connectivity index (χ0n) is 31.3. The Morgan fingerprint density at radius 2 is 1.06 bits per heavy atom. The van der Waals surface area contributed by atoms with E-state index in [-0.39, 0.29) is 18.9 Å². The third kappa shape index (κ3) is 22.0. The van der Waals surface area contributed by atoms with Gasteiger partial charge in [0, 0.05) is 6.42 Å².